The quantitative estimate of drug-likeness (QED) is 0.0262. The van der Waals surface area contributed by atoms with Crippen molar-refractivity contribution in [3.63, 3.8) is 0 Å². The Morgan fingerprint density at radius 1 is 0.527 bits per heavy atom. The van der Waals surface area contributed by atoms with Gasteiger partial charge in [0.1, 0.15) is 122 Å². The molecule has 35 heteroatoms. The summed E-state index contributed by atoms with van der Waals surface area (Å²) in [6.07, 6.45) is -47.6. The minimum Gasteiger partial charge on any atom is -0.497 e. The monoisotopic (exact) mass is 1570 g/mol. The second-order valence-corrected chi connectivity index (χ2v) is 33.7. The number of aliphatic carboxylic acids is 1. The number of fused-ring (bicyclic) bond motifs is 7. The second kappa shape index (κ2) is 32.7. The molecular formula is C75H112O35. The Kier molecular flexibility index (Phi) is 25.3. The van der Waals surface area contributed by atoms with Crippen LogP contribution in [0.25, 0.3) is 6.08 Å². The fraction of sp³-hybridized carbons (Fsp3) is 0.827. The molecule has 11 aliphatic rings. The number of rotatable bonds is 20. The largest absolute Gasteiger partial charge is 0.497 e. The molecule has 0 spiro atoms. The molecule has 0 bridgehead atoms. The number of carbonyl (C=O) groups is 3. The average Bonchev–Trinajstić information content (AvgIpc) is 0.668. The van der Waals surface area contributed by atoms with Crippen molar-refractivity contribution in [3.8, 4) is 5.75 Å². The van der Waals surface area contributed by atoms with Crippen LogP contribution >= 0.6 is 0 Å². The Balaban J connectivity index is 0.857. The average molecular weight is 1570 g/mol. The van der Waals surface area contributed by atoms with Gasteiger partial charge in [0.15, 0.2) is 43.7 Å². The first-order valence-electron chi connectivity index (χ1n) is 38.0. The van der Waals surface area contributed by atoms with Crippen LogP contribution < -0.4 is 4.74 Å². The Bertz CT molecular complexity index is 3420. The van der Waals surface area contributed by atoms with Gasteiger partial charge in [-0.15, -0.1) is 0 Å². The van der Waals surface area contributed by atoms with Crippen molar-refractivity contribution in [2.75, 3.05) is 33.5 Å². The van der Waals surface area contributed by atoms with Crippen LogP contribution in [0, 0.1) is 50.2 Å². The van der Waals surface area contributed by atoms with Crippen LogP contribution in [0.1, 0.15) is 119 Å². The first-order chi connectivity index (χ1) is 51.8. The van der Waals surface area contributed by atoms with Gasteiger partial charge in [0.2, 0.25) is 6.29 Å². The van der Waals surface area contributed by atoms with Crippen LogP contribution in [0.2, 0.25) is 0 Å². The molecule has 6 heterocycles. The Labute approximate surface area is 635 Å². The number of ether oxygens (including phenoxy) is 14. The van der Waals surface area contributed by atoms with Crippen molar-refractivity contribution in [3.05, 3.63) is 47.6 Å². The zero-order valence-corrected chi connectivity index (χ0v) is 62.9. The molecule has 5 aliphatic carbocycles. The van der Waals surface area contributed by atoms with Gasteiger partial charge in [0.25, 0.3) is 0 Å². The summed E-state index contributed by atoms with van der Waals surface area (Å²) >= 11 is 0. The highest BCUT2D eigenvalue weighted by Crippen LogP contribution is 2.76. The number of allylic oxidation sites excluding steroid dienone is 1. The maximum absolute atomic E-state index is 16.4. The molecule has 10 fully saturated rings. The third-order valence-electron chi connectivity index (χ3n) is 26.9. The highest BCUT2D eigenvalue weighted by Gasteiger charge is 2.74. The molecule has 18 N–H and O–H groups in total. The van der Waals surface area contributed by atoms with E-state index < -0.39 is 285 Å². The molecule has 1 aromatic rings. The standard InChI is InChI=1S/C75H112O35/c1-30-44(81)48(85)53(90)63(99-30)107-59-58(105-43(80)17-12-33-10-13-34(97-9)14-11-33)32(3)101-67(60(59)108-64-56(93)51(88)57(31(2)100-64)106-62-52(89)47(84)40(28-98-62)104-65-54(91)49(86)45(82)38(26-76)102-65)110-69(96)74-21-20-70(4,5)24-36(74)35-15-16-41-71(6)25-37(79)61(109-66-55(92)50(87)46(83)39(27-77)103-66)73(8,68(94)95)42(71)18-19-72(41,7)75(35,29-78)23-22-74/h10-15,17,30-32,36-42,44-67,76-79,81-93H,16,18-29H2,1-9H3,(H,94,95)/b17-12+. The van der Waals surface area contributed by atoms with Crippen LogP contribution in [0.5, 0.6) is 5.75 Å². The SMILES string of the molecule is COc1ccc(/C=C/C(=O)OC2C(C)OC(OC(=O)C34CCC(C)(C)CC3C3=CCC5C6(C)CC(O)C(OC7OC(CO)C(O)C(O)C7O)C(C)(C(=O)O)C6CCC5(C)C3(CO)CC4)C(OC3OC(C)C(OC4OCC(OC5OC(CO)C(O)C(O)C5O)C(O)C4O)C(O)C3O)C2OC2OC(C)C(O)C(O)C2O)cc1. The van der Waals surface area contributed by atoms with E-state index in [0.717, 1.165) is 11.6 Å². The second-order valence-electron chi connectivity index (χ2n) is 33.7. The molecule has 6 aliphatic heterocycles. The smallest absolute Gasteiger partial charge is 0.331 e. The van der Waals surface area contributed by atoms with Crippen molar-refractivity contribution in [2.24, 2.45) is 50.2 Å². The first-order valence-corrected chi connectivity index (χ1v) is 38.0. The van der Waals surface area contributed by atoms with Gasteiger partial charge in [0, 0.05) is 11.5 Å². The summed E-state index contributed by atoms with van der Waals surface area (Å²) in [7, 11) is 1.48. The summed E-state index contributed by atoms with van der Waals surface area (Å²) in [5.74, 6) is -4.46. The van der Waals surface area contributed by atoms with Gasteiger partial charge < -0.3 is 158 Å². The normalized spacial score (nSPS) is 50.2. The summed E-state index contributed by atoms with van der Waals surface area (Å²) in [6.45, 7) is 11.2. The fourth-order valence-electron chi connectivity index (χ4n) is 20.4. The Morgan fingerprint density at radius 2 is 1.06 bits per heavy atom. The maximum Gasteiger partial charge on any atom is 0.331 e. The third kappa shape index (κ3) is 15.0. The van der Waals surface area contributed by atoms with E-state index in [-0.39, 0.29) is 38.5 Å². The number of benzene rings is 1. The van der Waals surface area contributed by atoms with Gasteiger partial charge >= 0.3 is 17.9 Å². The summed E-state index contributed by atoms with van der Waals surface area (Å²) < 4.78 is 85.3. The Morgan fingerprint density at radius 3 is 1.66 bits per heavy atom. The van der Waals surface area contributed by atoms with Crippen molar-refractivity contribution >= 4 is 24.0 Å². The van der Waals surface area contributed by atoms with Crippen LogP contribution in [0.4, 0.5) is 0 Å². The van der Waals surface area contributed by atoms with Crippen LogP contribution in [-0.2, 0) is 76.0 Å². The molecule has 39 unspecified atom stereocenters. The first kappa shape index (κ1) is 85.2. The molecule has 1 aromatic carbocycles. The molecule has 0 aromatic heterocycles. The molecule has 0 amide bonds. The van der Waals surface area contributed by atoms with Gasteiger partial charge in [0.05, 0.1) is 68.8 Å². The minimum atomic E-state index is -2.18. The van der Waals surface area contributed by atoms with Crippen molar-refractivity contribution in [1.29, 1.82) is 0 Å². The molecule has 39 atom stereocenters. The number of aliphatic hydroxyl groups excluding tert-OH is 17. The molecule has 110 heavy (non-hydrogen) atoms. The number of hydrogen-bond donors (Lipinski definition) is 18. The summed E-state index contributed by atoms with van der Waals surface area (Å²) in [5.41, 5.74) is -5.40. The lowest BCUT2D eigenvalue weighted by atomic mass is 9.33. The van der Waals surface area contributed by atoms with E-state index in [9.17, 15) is 102 Å². The van der Waals surface area contributed by atoms with E-state index in [4.69, 9.17) is 66.3 Å². The van der Waals surface area contributed by atoms with Crippen LogP contribution in [0.15, 0.2) is 42.0 Å². The maximum atomic E-state index is 16.4. The van der Waals surface area contributed by atoms with Crippen LogP contribution in [-0.4, -0.2) is 334 Å². The predicted octanol–water partition coefficient (Wildman–Crippen LogP) is -3.38. The van der Waals surface area contributed by atoms with Crippen LogP contribution in [0.3, 0.4) is 0 Å². The number of carboxylic acids is 1. The molecule has 6 saturated heterocycles. The highest BCUT2D eigenvalue weighted by molar-refractivity contribution is 5.87. The predicted molar refractivity (Wildman–Crippen MR) is 368 cm³/mol. The zero-order valence-electron chi connectivity index (χ0n) is 62.9. The zero-order chi connectivity index (χ0) is 80.1. The number of methoxy groups -OCH3 is 1. The number of esters is 2. The lowest BCUT2D eigenvalue weighted by Gasteiger charge is -2.71. The highest BCUT2D eigenvalue weighted by atomic mass is 16.8. The summed E-state index contributed by atoms with van der Waals surface area (Å²) in [5, 5.41) is 200. The topological polar surface area (TPSA) is 545 Å². The van der Waals surface area contributed by atoms with Crippen molar-refractivity contribution < 1.29 is 173 Å². The molecule has 622 valence electrons. The lowest BCUT2D eigenvalue weighted by molar-refractivity contribution is -0.392. The van der Waals surface area contributed by atoms with Gasteiger partial charge in [-0.3, -0.25) is 9.59 Å². The summed E-state index contributed by atoms with van der Waals surface area (Å²) in [6, 6.07) is 6.64. The van der Waals surface area contributed by atoms with Gasteiger partial charge in [-0.1, -0.05) is 51.5 Å². The number of carboxylic acid groups (broad SMARTS) is 1. The minimum absolute atomic E-state index is 0.0281. The van der Waals surface area contributed by atoms with E-state index in [0.29, 0.717) is 30.6 Å². The van der Waals surface area contributed by atoms with Crippen molar-refractivity contribution in [1.82, 2.24) is 0 Å². The third-order valence-corrected chi connectivity index (χ3v) is 26.9. The number of carbonyl (C=O) groups excluding carboxylic acids is 2. The van der Waals surface area contributed by atoms with E-state index >= 15 is 4.79 Å². The van der Waals surface area contributed by atoms with Gasteiger partial charge in [-0.25, -0.2) is 4.79 Å². The van der Waals surface area contributed by atoms with E-state index in [1.807, 2.05) is 13.0 Å². The fourth-order valence-corrected chi connectivity index (χ4v) is 20.4. The molecule has 12 rings (SSSR count). The molecule has 0 radical (unpaired) electrons. The van der Waals surface area contributed by atoms with Gasteiger partial charge in [-0.05, 0) is 143 Å². The lowest BCUT2D eigenvalue weighted by Crippen LogP contribution is -2.71. The van der Waals surface area contributed by atoms with E-state index in [1.54, 1.807) is 24.3 Å². The van der Waals surface area contributed by atoms with Crippen molar-refractivity contribution in [2.45, 2.75) is 304 Å². The molecule has 4 saturated carbocycles. The molecule has 35 nitrogen and oxygen atoms in total. The number of aliphatic hydroxyl groups is 17. The summed E-state index contributed by atoms with van der Waals surface area (Å²) in [4.78, 5) is 44.7. The van der Waals surface area contributed by atoms with Gasteiger partial charge in [-0.2, -0.15) is 0 Å². The Hall–Kier alpha value is -4.21. The molecular weight excluding hydrogens is 1460 g/mol. The van der Waals surface area contributed by atoms with E-state index in [1.165, 1.54) is 40.9 Å². The number of hydrogen-bond acceptors (Lipinski definition) is 34. The van der Waals surface area contributed by atoms with E-state index in [2.05, 4.69) is 20.8 Å².